The molecule has 0 atom stereocenters. The molecule has 0 fully saturated rings. The van der Waals surface area contributed by atoms with Crippen LogP contribution in [-0.4, -0.2) is 28.1 Å². The number of carbonyl (C=O) groups excluding carboxylic acids is 2. The summed E-state index contributed by atoms with van der Waals surface area (Å²) in [6.45, 7) is -0.555. The topological polar surface area (TPSA) is 76.0 Å². The number of rotatable bonds is 5. The molecule has 10 heteroatoms. The Morgan fingerprint density at radius 1 is 0.929 bits per heavy atom. The molecule has 0 saturated carbocycles. The molecule has 2 amide bonds. The van der Waals surface area contributed by atoms with Crippen LogP contribution in [0.5, 0.6) is 0 Å². The first-order chi connectivity index (χ1) is 13.3. The quantitative estimate of drug-likeness (QED) is 0.518. The highest BCUT2D eigenvalue weighted by atomic mass is 19.2. The van der Waals surface area contributed by atoms with Crippen molar-refractivity contribution in [3.63, 3.8) is 0 Å². The van der Waals surface area contributed by atoms with E-state index in [1.54, 1.807) is 0 Å². The van der Waals surface area contributed by atoms with E-state index in [0.29, 0.717) is 11.8 Å². The zero-order valence-corrected chi connectivity index (χ0v) is 14.0. The molecule has 0 spiro atoms. The second-order valence-corrected chi connectivity index (χ2v) is 5.58. The fraction of sp³-hybridized carbons (Fsp3) is 0.0556. The molecule has 28 heavy (non-hydrogen) atoms. The highest BCUT2D eigenvalue weighted by Crippen LogP contribution is 2.19. The number of carbonyl (C=O) groups is 2. The van der Waals surface area contributed by atoms with E-state index in [-0.39, 0.29) is 5.69 Å². The molecule has 0 saturated heterocycles. The van der Waals surface area contributed by atoms with E-state index in [1.807, 2.05) is 5.32 Å². The average Bonchev–Trinajstić information content (AvgIpc) is 3.17. The molecule has 6 nitrogen and oxygen atoms in total. The van der Waals surface area contributed by atoms with Gasteiger partial charge < -0.3 is 10.6 Å². The minimum atomic E-state index is -1.71. The van der Waals surface area contributed by atoms with Gasteiger partial charge in [-0.15, -0.1) is 0 Å². The summed E-state index contributed by atoms with van der Waals surface area (Å²) in [6.07, 6.45) is 1.47. The third-order valence-corrected chi connectivity index (χ3v) is 3.63. The molecule has 0 bridgehead atoms. The molecule has 2 aromatic carbocycles. The van der Waals surface area contributed by atoms with E-state index in [0.717, 1.165) is 6.07 Å². The smallest absolute Gasteiger partial charge is 0.272 e. The second-order valence-electron chi connectivity index (χ2n) is 5.58. The monoisotopic (exact) mass is 392 g/mol. The molecule has 0 aliphatic heterocycles. The number of nitrogens with zero attached hydrogens (tertiary/aromatic N) is 2. The lowest BCUT2D eigenvalue weighted by Crippen LogP contribution is -2.33. The van der Waals surface area contributed by atoms with E-state index in [1.165, 1.54) is 41.2 Å². The Bertz CT molecular complexity index is 1030. The molecule has 1 heterocycles. The van der Waals surface area contributed by atoms with Crippen molar-refractivity contribution in [3.05, 3.63) is 77.6 Å². The van der Waals surface area contributed by atoms with Crippen LogP contribution in [0.4, 0.5) is 23.2 Å². The number of hydrogen-bond acceptors (Lipinski definition) is 3. The summed E-state index contributed by atoms with van der Waals surface area (Å²) in [5, 5.41) is 8.29. The van der Waals surface area contributed by atoms with E-state index < -0.39 is 47.3 Å². The second kappa shape index (κ2) is 7.91. The van der Waals surface area contributed by atoms with Crippen molar-refractivity contribution in [2.45, 2.75) is 0 Å². The minimum Gasteiger partial charge on any atom is -0.342 e. The lowest BCUT2D eigenvalue weighted by atomic mass is 10.2. The number of anilines is 1. The van der Waals surface area contributed by atoms with Gasteiger partial charge in [0.05, 0.1) is 17.9 Å². The van der Waals surface area contributed by atoms with Crippen LogP contribution in [-0.2, 0) is 4.79 Å². The Morgan fingerprint density at radius 3 is 2.36 bits per heavy atom. The van der Waals surface area contributed by atoms with Crippen molar-refractivity contribution in [3.8, 4) is 5.69 Å². The van der Waals surface area contributed by atoms with Crippen LogP contribution in [0, 0.1) is 23.3 Å². The Kier molecular flexibility index (Phi) is 5.39. The van der Waals surface area contributed by atoms with Gasteiger partial charge in [-0.2, -0.15) is 5.10 Å². The third-order valence-electron chi connectivity index (χ3n) is 3.63. The lowest BCUT2D eigenvalue weighted by molar-refractivity contribution is -0.115. The van der Waals surface area contributed by atoms with E-state index in [9.17, 15) is 27.2 Å². The highest BCUT2D eigenvalue weighted by Gasteiger charge is 2.16. The highest BCUT2D eigenvalue weighted by molar-refractivity contribution is 5.98. The van der Waals surface area contributed by atoms with Gasteiger partial charge in [0.15, 0.2) is 23.1 Å². The summed E-state index contributed by atoms with van der Waals surface area (Å²) in [7, 11) is 0. The summed E-state index contributed by atoms with van der Waals surface area (Å²) >= 11 is 0. The van der Waals surface area contributed by atoms with Gasteiger partial charge in [0.1, 0.15) is 5.82 Å². The Hall–Kier alpha value is -3.69. The largest absolute Gasteiger partial charge is 0.342 e. The van der Waals surface area contributed by atoms with Crippen molar-refractivity contribution in [2.75, 3.05) is 11.9 Å². The predicted octanol–water partition coefficient (Wildman–Crippen LogP) is 2.80. The zero-order valence-electron chi connectivity index (χ0n) is 14.0. The predicted molar refractivity (Wildman–Crippen MR) is 90.8 cm³/mol. The van der Waals surface area contributed by atoms with Gasteiger partial charge in [0.25, 0.3) is 5.91 Å². The first kappa shape index (κ1) is 19.1. The van der Waals surface area contributed by atoms with Crippen LogP contribution < -0.4 is 10.6 Å². The van der Waals surface area contributed by atoms with Gasteiger partial charge in [-0.25, -0.2) is 22.2 Å². The molecular formula is C18H12F4N4O2. The SMILES string of the molecule is O=C(CNC(=O)c1ccn(-c2ccc(F)cc2)n1)Nc1ccc(F)c(F)c1F. The summed E-state index contributed by atoms with van der Waals surface area (Å²) in [4.78, 5) is 23.8. The average molecular weight is 392 g/mol. The zero-order chi connectivity index (χ0) is 20.3. The number of halogens is 4. The minimum absolute atomic E-state index is 0.0175. The van der Waals surface area contributed by atoms with Crippen LogP contribution in [0.25, 0.3) is 5.69 Å². The molecule has 144 valence electrons. The maximum absolute atomic E-state index is 13.5. The molecule has 0 aliphatic rings. The standard InChI is InChI=1S/C18H12F4N4O2/c19-10-1-3-11(4-2-10)26-8-7-14(25-26)18(28)23-9-15(27)24-13-6-5-12(20)16(21)17(13)22/h1-8H,9H2,(H,23,28)(H,24,27). The lowest BCUT2D eigenvalue weighted by Gasteiger charge is -2.08. The molecular weight excluding hydrogens is 380 g/mol. The van der Waals surface area contributed by atoms with Crippen LogP contribution >= 0.6 is 0 Å². The Balaban J connectivity index is 1.59. The van der Waals surface area contributed by atoms with Gasteiger partial charge in [-0.05, 0) is 42.5 Å². The molecule has 0 aliphatic carbocycles. The van der Waals surface area contributed by atoms with Crippen molar-refractivity contribution < 1.29 is 27.2 Å². The van der Waals surface area contributed by atoms with Crippen molar-refractivity contribution in [1.82, 2.24) is 15.1 Å². The number of aromatic nitrogens is 2. The van der Waals surface area contributed by atoms with E-state index >= 15 is 0 Å². The summed E-state index contributed by atoms with van der Waals surface area (Å²) < 4.78 is 53.8. The molecule has 1 aromatic heterocycles. The van der Waals surface area contributed by atoms with Crippen molar-refractivity contribution in [1.29, 1.82) is 0 Å². The van der Waals surface area contributed by atoms with Gasteiger partial charge in [0, 0.05) is 6.20 Å². The van der Waals surface area contributed by atoms with Gasteiger partial charge in [-0.1, -0.05) is 0 Å². The van der Waals surface area contributed by atoms with Crippen LogP contribution in [0.15, 0.2) is 48.7 Å². The summed E-state index contributed by atoms with van der Waals surface area (Å²) in [6, 6.07) is 8.30. The first-order valence-electron chi connectivity index (χ1n) is 7.88. The van der Waals surface area contributed by atoms with E-state index in [2.05, 4.69) is 10.4 Å². The summed E-state index contributed by atoms with van der Waals surface area (Å²) in [5.74, 6) is -6.61. The van der Waals surface area contributed by atoms with Crippen LogP contribution in [0.2, 0.25) is 0 Å². The fourth-order valence-corrected chi connectivity index (χ4v) is 2.25. The van der Waals surface area contributed by atoms with Crippen molar-refractivity contribution in [2.24, 2.45) is 0 Å². The van der Waals surface area contributed by atoms with Crippen LogP contribution in [0.1, 0.15) is 10.5 Å². The number of nitrogens with one attached hydrogen (secondary N) is 2. The Morgan fingerprint density at radius 2 is 1.64 bits per heavy atom. The van der Waals surface area contributed by atoms with Crippen molar-refractivity contribution >= 4 is 17.5 Å². The normalized spacial score (nSPS) is 10.6. The number of amides is 2. The summed E-state index contributed by atoms with van der Waals surface area (Å²) in [5.41, 5.74) is -0.0538. The maximum atomic E-state index is 13.5. The number of benzene rings is 2. The third kappa shape index (κ3) is 4.17. The van der Waals surface area contributed by atoms with Gasteiger partial charge in [-0.3, -0.25) is 9.59 Å². The fourth-order valence-electron chi connectivity index (χ4n) is 2.25. The van der Waals surface area contributed by atoms with E-state index in [4.69, 9.17) is 0 Å². The van der Waals surface area contributed by atoms with Gasteiger partial charge >= 0.3 is 0 Å². The molecule has 0 radical (unpaired) electrons. The first-order valence-corrected chi connectivity index (χ1v) is 7.88. The molecule has 0 unspecified atom stereocenters. The van der Waals surface area contributed by atoms with Crippen LogP contribution in [0.3, 0.4) is 0 Å². The molecule has 3 aromatic rings. The molecule has 2 N–H and O–H groups in total. The molecule has 3 rings (SSSR count). The number of hydrogen-bond donors (Lipinski definition) is 2. The van der Waals surface area contributed by atoms with Gasteiger partial charge in [0.2, 0.25) is 5.91 Å². The maximum Gasteiger partial charge on any atom is 0.272 e. The Labute approximate surface area is 155 Å².